The normalized spacial score (nSPS) is 9.87. The standard InChI is InChI=1S/2C12H10O3/c13-10-7-4-8-11(12(10)14)15-9-5-2-1-3-6-9;13-9-6-7-12(11(14)8-9)15-10-4-2-1-3-5-10/h2*1-8,13-14H. The van der Waals surface area contributed by atoms with Gasteiger partial charge in [-0.3, -0.25) is 0 Å². The summed E-state index contributed by atoms with van der Waals surface area (Å²) < 4.78 is 10.8. The average Bonchev–Trinajstić information content (AvgIpc) is 2.75. The van der Waals surface area contributed by atoms with Crippen LogP contribution < -0.4 is 9.47 Å². The zero-order chi connectivity index (χ0) is 21.3. The second-order valence-corrected chi connectivity index (χ2v) is 6.11. The van der Waals surface area contributed by atoms with Crippen LogP contribution in [0.5, 0.6) is 46.0 Å². The van der Waals surface area contributed by atoms with Crippen molar-refractivity contribution in [2.24, 2.45) is 0 Å². The first-order chi connectivity index (χ1) is 14.5. The molecule has 30 heavy (non-hydrogen) atoms. The molecule has 0 radical (unpaired) electrons. The summed E-state index contributed by atoms with van der Waals surface area (Å²) in [7, 11) is 0. The lowest BCUT2D eigenvalue weighted by molar-refractivity contribution is 0.373. The number of phenolic OH excluding ortho intramolecular Hbond substituents is 4. The molecule has 4 rings (SSSR count). The molecule has 152 valence electrons. The number of phenols is 4. The molecule has 6 heteroatoms. The van der Waals surface area contributed by atoms with Crippen molar-refractivity contribution in [3.8, 4) is 46.0 Å². The minimum Gasteiger partial charge on any atom is -0.508 e. The van der Waals surface area contributed by atoms with Crippen molar-refractivity contribution in [3.05, 3.63) is 97.1 Å². The zero-order valence-electron chi connectivity index (χ0n) is 15.8. The monoisotopic (exact) mass is 404 g/mol. The van der Waals surface area contributed by atoms with Gasteiger partial charge in [0.05, 0.1) is 0 Å². The Hall–Kier alpha value is -4.32. The van der Waals surface area contributed by atoms with Gasteiger partial charge in [0.25, 0.3) is 0 Å². The van der Waals surface area contributed by atoms with E-state index in [1.165, 1.54) is 24.3 Å². The summed E-state index contributed by atoms with van der Waals surface area (Å²) in [6, 6.07) is 27.0. The third-order valence-corrected chi connectivity index (χ3v) is 3.86. The van der Waals surface area contributed by atoms with Gasteiger partial charge in [-0.1, -0.05) is 42.5 Å². The molecule has 0 aliphatic carbocycles. The van der Waals surface area contributed by atoms with Gasteiger partial charge >= 0.3 is 0 Å². The predicted octanol–water partition coefficient (Wildman–Crippen LogP) is 5.78. The maximum absolute atomic E-state index is 9.48. The summed E-state index contributed by atoms with van der Waals surface area (Å²) in [6.45, 7) is 0. The Morgan fingerprint density at radius 2 is 1.03 bits per heavy atom. The Labute approximate surface area is 173 Å². The average molecular weight is 404 g/mol. The first kappa shape index (κ1) is 20.4. The van der Waals surface area contributed by atoms with E-state index in [1.807, 2.05) is 36.4 Å². The summed E-state index contributed by atoms with van der Waals surface area (Å²) in [5, 5.41) is 37.3. The molecule has 0 saturated heterocycles. The number of rotatable bonds is 4. The summed E-state index contributed by atoms with van der Waals surface area (Å²) in [6.07, 6.45) is 0. The molecule has 6 nitrogen and oxygen atoms in total. The lowest BCUT2D eigenvalue weighted by Crippen LogP contribution is -1.84. The van der Waals surface area contributed by atoms with Crippen LogP contribution in [-0.4, -0.2) is 20.4 Å². The smallest absolute Gasteiger partial charge is 0.201 e. The molecule has 0 aliphatic rings. The molecule has 0 amide bonds. The van der Waals surface area contributed by atoms with Crippen molar-refractivity contribution >= 4 is 0 Å². The van der Waals surface area contributed by atoms with Crippen LogP contribution >= 0.6 is 0 Å². The molecule has 0 bridgehead atoms. The Morgan fingerprint density at radius 3 is 1.60 bits per heavy atom. The minimum atomic E-state index is -0.249. The summed E-state index contributed by atoms with van der Waals surface area (Å²) >= 11 is 0. The molecule has 0 spiro atoms. The van der Waals surface area contributed by atoms with Crippen molar-refractivity contribution < 1.29 is 29.9 Å². The fraction of sp³-hybridized carbons (Fsp3) is 0. The molecular weight excluding hydrogens is 384 g/mol. The molecule has 4 N–H and O–H groups in total. The highest BCUT2D eigenvalue weighted by molar-refractivity contribution is 5.50. The van der Waals surface area contributed by atoms with Crippen LogP contribution in [0, 0.1) is 0 Å². The Bertz CT molecular complexity index is 1080. The highest BCUT2D eigenvalue weighted by Crippen LogP contribution is 2.37. The minimum absolute atomic E-state index is 0.00733. The van der Waals surface area contributed by atoms with Crippen LogP contribution in [0.4, 0.5) is 0 Å². The second-order valence-electron chi connectivity index (χ2n) is 6.11. The largest absolute Gasteiger partial charge is 0.508 e. The lowest BCUT2D eigenvalue weighted by Gasteiger charge is -2.07. The first-order valence-corrected chi connectivity index (χ1v) is 9.01. The van der Waals surface area contributed by atoms with E-state index in [9.17, 15) is 15.3 Å². The van der Waals surface area contributed by atoms with E-state index < -0.39 is 0 Å². The molecule has 0 fully saturated rings. The molecule has 0 heterocycles. The van der Waals surface area contributed by atoms with E-state index in [0.717, 1.165) is 0 Å². The van der Waals surface area contributed by atoms with Gasteiger partial charge in [0.15, 0.2) is 23.0 Å². The van der Waals surface area contributed by atoms with Crippen LogP contribution in [-0.2, 0) is 0 Å². The fourth-order valence-electron chi connectivity index (χ4n) is 2.42. The highest BCUT2D eigenvalue weighted by atomic mass is 16.5. The fourth-order valence-corrected chi connectivity index (χ4v) is 2.42. The first-order valence-electron chi connectivity index (χ1n) is 9.01. The molecule has 0 atom stereocenters. The van der Waals surface area contributed by atoms with E-state index in [0.29, 0.717) is 17.2 Å². The van der Waals surface area contributed by atoms with Crippen LogP contribution in [0.3, 0.4) is 0 Å². The zero-order valence-corrected chi connectivity index (χ0v) is 15.8. The van der Waals surface area contributed by atoms with Gasteiger partial charge in [-0.05, 0) is 48.5 Å². The molecule has 0 aromatic heterocycles. The van der Waals surface area contributed by atoms with Gasteiger partial charge in [0, 0.05) is 6.07 Å². The maximum atomic E-state index is 9.48. The topological polar surface area (TPSA) is 99.4 Å². The van der Waals surface area contributed by atoms with E-state index in [4.69, 9.17) is 14.6 Å². The summed E-state index contributed by atoms with van der Waals surface area (Å²) in [5.41, 5.74) is 0. The van der Waals surface area contributed by atoms with Crippen LogP contribution in [0.15, 0.2) is 97.1 Å². The molecule has 4 aromatic rings. The van der Waals surface area contributed by atoms with Gasteiger partial charge in [0.1, 0.15) is 17.2 Å². The molecule has 0 aliphatic heterocycles. The van der Waals surface area contributed by atoms with Crippen molar-refractivity contribution in [2.75, 3.05) is 0 Å². The SMILES string of the molecule is Oc1ccc(Oc2ccccc2)c(O)c1.Oc1cccc(Oc2ccccc2)c1O. The van der Waals surface area contributed by atoms with Crippen molar-refractivity contribution in [1.29, 1.82) is 0 Å². The number of aromatic hydroxyl groups is 4. The highest BCUT2D eigenvalue weighted by Gasteiger charge is 2.07. The number of para-hydroxylation sites is 3. The van der Waals surface area contributed by atoms with E-state index >= 15 is 0 Å². The third-order valence-electron chi connectivity index (χ3n) is 3.86. The van der Waals surface area contributed by atoms with Crippen molar-refractivity contribution in [1.82, 2.24) is 0 Å². The lowest BCUT2D eigenvalue weighted by atomic mass is 10.3. The third kappa shape index (κ3) is 5.59. The molecule has 4 aromatic carbocycles. The van der Waals surface area contributed by atoms with Crippen LogP contribution in [0.2, 0.25) is 0 Å². The Kier molecular flexibility index (Phi) is 6.63. The van der Waals surface area contributed by atoms with Gasteiger partial charge in [-0.25, -0.2) is 0 Å². The van der Waals surface area contributed by atoms with Crippen LogP contribution in [0.1, 0.15) is 0 Å². The number of hydrogen-bond acceptors (Lipinski definition) is 6. The Balaban J connectivity index is 0.000000171. The number of hydrogen-bond donors (Lipinski definition) is 4. The summed E-state index contributed by atoms with van der Waals surface area (Å²) in [4.78, 5) is 0. The molecule has 0 saturated carbocycles. The van der Waals surface area contributed by atoms with Crippen LogP contribution in [0.25, 0.3) is 0 Å². The van der Waals surface area contributed by atoms with Gasteiger partial charge in [0.2, 0.25) is 5.75 Å². The van der Waals surface area contributed by atoms with Gasteiger partial charge < -0.3 is 29.9 Å². The number of ether oxygens (including phenoxy) is 2. The quantitative estimate of drug-likeness (QED) is 0.322. The summed E-state index contributed by atoms with van der Waals surface area (Å²) in [5.74, 6) is 1.29. The van der Waals surface area contributed by atoms with E-state index in [2.05, 4.69) is 0 Å². The van der Waals surface area contributed by atoms with E-state index in [-0.39, 0.29) is 28.7 Å². The van der Waals surface area contributed by atoms with Gasteiger partial charge in [-0.2, -0.15) is 0 Å². The van der Waals surface area contributed by atoms with Crippen molar-refractivity contribution in [2.45, 2.75) is 0 Å². The number of benzene rings is 4. The molecular formula is C24H20O6. The Morgan fingerprint density at radius 1 is 0.467 bits per heavy atom. The van der Waals surface area contributed by atoms with E-state index in [1.54, 1.807) is 36.4 Å². The maximum Gasteiger partial charge on any atom is 0.201 e. The van der Waals surface area contributed by atoms with Gasteiger partial charge in [-0.15, -0.1) is 0 Å². The van der Waals surface area contributed by atoms with Crippen molar-refractivity contribution in [3.63, 3.8) is 0 Å². The predicted molar refractivity (Wildman–Crippen MR) is 113 cm³/mol. The second kappa shape index (κ2) is 9.75. The molecule has 0 unspecified atom stereocenters.